The molecule has 0 bridgehead atoms. The third kappa shape index (κ3) is 2.44. The van der Waals surface area contributed by atoms with Crippen molar-refractivity contribution in [1.29, 1.82) is 0 Å². The van der Waals surface area contributed by atoms with Crippen LogP contribution in [-0.4, -0.2) is 11.2 Å². The molecule has 2 atom stereocenters. The van der Waals surface area contributed by atoms with E-state index in [4.69, 9.17) is 17.3 Å². The van der Waals surface area contributed by atoms with E-state index in [2.05, 4.69) is 0 Å². The molecule has 1 aromatic rings. The van der Waals surface area contributed by atoms with Gasteiger partial charge in [-0.05, 0) is 31.0 Å². The van der Waals surface area contributed by atoms with Crippen LogP contribution in [0.1, 0.15) is 24.1 Å². The maximum absolute atomic E-state index is 9.27. The summed E-state index contributed by atoms with van der Waals surface area (Å²) in [7, 11) is 0. The molecule has 72 valence electrons. The van der Waals surface area contributed by atoms with Crippen LogP contribution in [0, 0.1) is 6.92 Å². The minimum Gasteiger partial charge on any atom is -0.391 e. The number of hydrogen-bond donors (Lipinski definition) is 2. The molecule has 1 rings (SSSR count). The normalized spacial score (nSPS) is 15.5. The van der Waals surface area contributed by atoms with Gasteiger partial charge in [0.05, 0.1) is 12.1 Å². The summed E-state index contributed by atoms with van der Waals surface area (Å²) < 4.78 is 0. The molecule has 2 nitrogen and oxygen atoms in total. The first-order valence-corrected chi connectivity index (χ1v) is 4.60. The van der Waals surface area contributed by atoms with Crippen molar-refractivity contribution in [3.63, 3.8) is 0 Å². The lowest BCUT2D eigenvalue weighted by Gasteiger charge is -2.15. The molecule has 0 aliphatic rings. The first-order valence-electron chi connectivity index (χ1n) is 4.22. The Morgan fingerprint density at radius 2 is 2.08 bits per heavy atom. The van der Waals surface area contributed by atoms with Gasteiger partial charge in [-0.2, -0.15) is 0 Å². The quantitative estimate of drug-likeness (QED) is 0.766. The van der Waals surface area contributed by atoms with Crippen molar-refractivity contribution in [2.45, 2.75) is 26.0 Å². The summed E-state index contributed by atoms with van der Waals surface area (Å²) in [6.45, 7) is 3.60. The van der Waals surface area contributed by atoms with Crippen molar-refractivity contribution in [3.05, 3.63) is 34.3 Å². The van der Waals surface area contributed by atoms with Gasteiger partial charge >= 0.3 is 0 Å². The molecule has 0 spiro atoms. The Bertz CT molecular complexity index is 299. The third-order valence-corrected chi connectivity index (χ3v) is 2.51. The fraction of sp³-hybridized carbons (Fsp3) is 0.400. The highest BCUT2D eigenvalue weighted by molar-refractivity contribution is 6.31. The topological polar surface area (TPSA) is 46.2 Å². The highest BCUT2D eigenvalue weighted by Crippen LogP contribution is 2.21. The van der Waals surface area contributed by atoms with Crippen molar-refractivity contribution in [2.75, 3.05) is 0 Å². The van der Waals surface area contributed by atoms with E-state index in [0.29, 0.717) is 5.02 Å². The number of benzene rings is 1. The van der Waals surface area contributed by atoms with Crippen LogP contribution in [0.4, 0.5) is 0 Å². The third-order valence-electron chi connectivity index (χ3n) is 2.10. The maximum atomic E-state index is 9.27. The number of aryl methyl sites for hydroxylation is 1. The van der Waals surface area contributed by atoms with Crippen LogP contribution in [0.2, 0.25) is 5.02 Å². The molecular weight excluding hydrogens is 186 g/mol. The summed E-state index contributed by atoms with van der Waals surface area (Å²) in [5.74, 6) is 0. The van der Waals surface area contributed by atoms with Crippen LogP contribution in [0.25, 0.3) is 0 Å². The van der Waals surface area contributed by atoms with Gasteiger partial charge in [-0.15, -0.1) is 0 Å². The monoisotopic (exact) mass is 199 g/mol. The minimum atomic E-state index is -0.557. The van der Waals surface area contributed by atoms with Crippen LogP contribution in [-0.2, 0) is 0 Å². The zero-order valence-electron chi connectivity index (χ0n) is 7.79. The van der Waals surface area contributed by atoms with E-state index in [1.807, 2.05) is 19.1 Å². The van der Waals surface area contributed by atoms with Gasteiger partial charge in [0, 0.05) is 5.02 Å². The number of nitrogens with two attached hydrogens (primary N) is 1. The fourth-order valence-corrected chi connectivity index (χ4v) is 1.28. The predicted octanol–water partition coefficient (Wildman–Crippen LogP) is 2.03. The lowest BCUT2D eigenvalue weighted by molar-refractivity contribution is 0.164. The Morgan fingerprint density at radius 1 is 1.46 bits per heavy atom. The molecule has 3 heteroatoms. The van der Waals surface area contributed by atoms with E-state index in [1.54, 1.807) is 13.0 Å². The molecule has 0 saturated carbocycles. The highest BCUT2D eigenvalue weighted by Gasteiger charge is 2.12. The smallest absolute Gasteiger partial charge is 0.0704 e. The lowest BCUT2D eigenvalue weighted by Crippen LogP contribution is -2.23. The molecule has 0 heterocycles. The van der Waals surface area contributed by atoms with Gasteiger partial charge in [0.2, 0.25) is 0 Å². The average molecular weight is 200 g/mol. The SMILES string of the molecule is Cc1ccc(C(N)C(C)O)cc1Cl. The lowest BCUT2D eigenvalue weighted by atomic mass is 10.0. The van der Waals surface area contributed by atoms with Crippen LogP contribution < -0.4 is 5.73 Å². The van der Waals surface area contributed by atoms with E-state index < -0.39 is 6.10 Å². The summed E-state index contributed by atoms with van der Waals surface area (Å²) in [5, 5.41) is 9.95. The second-order valence-electron chi connectivity index (χ2n) is 3.28. The van der Waals surface area contributed by atoms with Gasteiger partial charge in [0.1, 0.15) is 0 Å². The second kappa shape index (κ2) is 4.09. The van der Waals surface area contributed by atoms with Crippen LogP contribution in [0.3, 0.4) is 0 Å². The van der Waals surface area contributed by atoms with Crippen molar-refractivity contribution in [2.24, 2.45) is 5.73 Å². The van der Waals surface area contributed by atoms with Crippen molar-refractivity contribution in [3.8, 4) is 0 Å². The van der Waals surface area contributed by atoms with Gasteiger partial charge in [-0.3, -0.25) is 0 Å². The van der Waals surface area contributed by atoms with Gasteiger partial charge in [0.25, 0.3) is 0 Å². The number of aliphatic hydroxyl groups excluding tert-OH is 1. The number of hydrogen-bond acceptors (Lipinski definition) is 2. The Balaban J connectivity index is 2.97. The second-order valence-corrected chi connectivity index (χ2v) is 3.68. The van der Waals surface area contributed by atoms with E-state index in [1.165, 1.54) is 0 Å². The Labute approximate surface area is 83.3 Å². The fourth-order valence-electron chi connectivity index (χ4n) is 1.09. The molecule has 0 aromatic heterocycles. The Hall–Kier alpha value is -0.570. The van der Waals surface area contributed by atoms with Crippen molar-refractivity contribution in [1.82, 2.24) is 0 Å². The van der Waals surface area contributed by atoms with Gasteiger partial charge < -0.3 is 10.8 Å². The van der Waals surface area contributed by atoms with Gasteiger partial charge in [-0.25, -0.2) is 0 Å². The van der Waals surface area contributed by atoms with Crippen LogP contribution in [0.15, 0.2) is 18.2 Å². The Kier molecular flexibility index (Phi) is 3.31. The molecule has 0 radical (unpaired) electrons. The maximum Gasteiger partial charge on any atom is 0.0704 e. The highest BCUT2D eigenvalue weighted by atomic mass is 35.5. The molecule has 0 saturated heterocycles. The summed E-state index contributed by atoms with van der Waals surface area (Å²) in [5.41, 5.74) is 7.63. The largest absolute Gasteiger partial charge is 0.391 e. The standard InChI is InChI=1S/C10H14ClNO/c1-6-3-4-8(5-9(6)11)10(12)7(2)13/h3-5,7,10,13H,12H2,1-2H3. The Morgan fingerprint density at radius 3 is 2.54 bits per heavy atom. The van der Waals surface area contributed by atoms with E-state index >= 15 is 0 Å². The summed E-state index contributed by atoms with van der Waals surface area (Å²) in [6.07, 6.45) is -0.557. The van der Waals surface area contributed by atoms with Crippen molar-refractivity contribution < 1.29 is 5.11 Å². The minimum absolute atomic E-state index is 0.363. The first kappa shape index (κ1) is 10.5. The zero-order chi connectivity index (χ0) is 10.0. The van der Waals surface area contributed by atoms with E-state index in [9.17, 15) is 5.11 Å². The van der Waals surface area contributed by atoms with E-state index in [0.717, 1.165) is 11.1 Å². The van der Waals surface area contributed by atoms with Crippen LogP contribution >= 0.6 is 11.6 Å². The molecule has 0 aliphatic carbocycles. The summed E-state index contributed by atoms with van der Waals surface area (Å²) in [6, 6.07) is 5.23. The molecule has 1 aromatic carbocycles. The number of halogens is 1. The number of aliphatic hydroxyl groups is 1. The molecular formula is C10H14ClNO. The van der Waals surface area contributed by atoms with Gasteiger partial charge in [0.15, 0.2) is 0 Å². The number of rotatable bonds is 2. The molecule has 0 fully saturated rings. The molecule has 0 amide bonds. The van der Waals surface area contributed by atoms with Gasteiger partial charge in [-0.1, -0.05) is 23.7 Å². The summed E-state index contributed by atoms with van der Waals surface area (Å²) in [4.78, 5) is 0. The molecule has 13 heavy (non-hydrogen) atoms. The van der Waals surface area contributed by atoms with Crippen molar-refractivity contribution >= 4 is 11.6 Å². The molecule has 0 aliphatic heterocycles. The molecule has 2 unspecified atom stereocenters. The summed E-state index contributed by atoms with van der Waals surface area (Å²) >= 11 is 5.93. The average Bonchev–Trinajstić information content (AvgIpc) is 2.08. The zero-order valence-corrected chi connectivity index (χ0v) is 8.55. The first-order chi connectivity index (χ1) is 6.02. The molecule has 3 N–H and O–H groups in total. The van der Waals surface area contributed by atoms with Crippen LogP contribution in [0.5, 0.6) is 0 Å². The van der Waals surface area contributed by atoms with E-state index in [-0.39, 0.29) is 6.04 Å². The predicted molar refractivity (Wildman–Crippen MR) is 54.8 cm³/mol.